The van der Waals surface area contributed by atoms with Gasteiger partial charge < -0.3 is 68.1 Å². The Labute approximate surface area is 616 Å². The van der Waals surface area contributed by atoms with Gasteiger partial charge in [-0.25, -0.2) is 14.4 Å². The molecule has 0 atom stereocenters. The molecular weight excluding hydrogens is 1350 g/mol. The molecule has 0 spiro atoms. The predicted octanol–water partition coefficient (Wildman–Crippen LogP) is 4.00. The molecule has 11 N–H and O–H groups in total. The Bertz CT molecular complexity index is 2660. The first-order valence-corrected chi connectivity index (χ1v) is 30.9. The van der Waals surface area contributed by atoms with Crippen molar-refractivity contribution in [2.45, 2.75) is 156 Å². The molecule has 0 aliphatic heterocycles. The van der Waals surface area contributed by atoms with Crippen molar-refractivity contribution in [2.24, 2.45) is 11.5 Å². The van der Waals surface area contributed by atoms with E-state index in [0.29, 0.717) is 48.6 Å². The second kappa shape index (κ2) is 50.7. The van der Waals surface area contributed by atoms with Crippen LogP contribution < -0.4 is 130 Å². The van der Waals surface area contributed by atoms with Crippen molar-refractivity contribution in [3.63, 3.8) is 0 Å². The Morgan fingerprint density at radius 2 is 0.793 bits per heavy atom. The van der Waals surface area contributed by atoms with Crippen molar-refractivity contribution >= 4 is 52.8 Å². The molecule has 0 bridgehead atoms. The number of alkyl halides is 13. The Hall–Kier alpha value is -3.62. The van der Waals surface area contributed by atoms with Crippen LogP contribution in [-0.4, -0.2) is 113 Å². The minimum atomic E-state index is -5.62. The number of hydrogen-bond donors (Lipinski definition) is 7. The quantitative estimate of drug-likeness (QED) is 0.0168. The van der Waals surface area contributed by atoms with E-state index in [4.69, 9.17) is 47.1 Å². The maximum Gasteiger partial charge on any atom is 1.00 e. The number of aromatic carboxylic acids is 1. The van der Waals surface area contributed by atoms with Gasteiger partial charge in [-0.2, -0.15) is 52.7 Å². The zero-order chi connectivity index (χ0) is 70.4. The first-order chi connectivity index (χ1) is 40.6. The third-order valence-corrected chi connectivity index (χ3v) is 20.8. The van der Waals surface area contributed by atoms with E-state index < -0.39 is 78.2 Å². The van der Waals surface area contributed by atoms with Crippen LogP contribution in [0.25, 0.3) is 0 Å². The molecule has 0 fully saturated rings. The fourth-order valence-electron chi connectivity index (χ4n) is 4.80. The van der Waals surface area contributed by atoms with Crippen molar-refractivity contribution in [1.82, 2.24) is 10.6 Å². The molecule has 92 heavy (non-hydrogen) atoms. The largest absolute Gasteiger partial charge is 1.00 e. The van der Waals surface area contributed by atoms with Gasteiger partial charge in [0, 0.05) is 33.3 Å². The number of carbonyl (C=O) groups is 6. The average molecular weight is 1430 g/mol. The number of carboxylic acids is 1. The molecule has 4 aromatic carbocycles. The zero-order valence-electron chi connectivity index (χ0n) is 54.4. The van der Waals surface area contributed by atoms with Crippen LogP contribution in [0.5, 0.6) is 0 Å². The van der Waals surface area contributed by atoms with Gasteiger partial charge in [0.25, 0.3) is 6.47 Å². The SMILES string of the molecule is C.CC(C)(C)[Si](C)(C)OCc1ccc(CN)cc1.CC(C)(C)[Si](C)(C)OCc1ccc(CNC(=O)C(F)(F)F)cc1.CO.NCc1ccc(C(=O)O)cc1.O.O=C(NCc1ccc(CO)cc1)C(F)(F)F.O=C(OC(=O)C(F)(F)F)C(F)(F)F.O=CO[O-].[2H]CF.[H-].[K+].[K+]. The van der Waals surface area contributed by atoms with Crippen LogP contribution >= 0.6 is 0 Å². The molecular formula is C56H83F13K2N4O15Si2. The summed E-state index contributed by atoms with van der Waals surface area (Å²) in [5.41, 5.74) is 17.3. The summed E-state index contributed by atoms with van der Waals surface area (Å²) < 4.78 is 169. The van der Waals surface area contributed by atoms with Crippen LogP contribution in [0.1, 0.15) is 101 Å². The van der Waals surface area contributed by atoms with Crippen LogP contribution in [0.15, 0.2) is 97.1 Å². The van der Waals surface area contributed by atoms with Crippen molar-refractivity contribution < 1.29 is 236 Å². The number of carboxylic acid groups (broad SMARTS) is 1. The number of hydrogen-bond acceptors (Lipinski definition) is 15. The molecule has 0 saturated heterocycles. The van der Waals surface area contributed by atoms with Crippen molar-refractivity contribution in [3.05, 3.63) is 142 Å². The number of amides is 2. The van der Waals surface area contributed by atoms with Crippen LogP contribution in [-0.2, 0) is 88.4 Å². The molecule has 518 valence electrons. The van der Waals surface area contributed by atoms with Crippen molar-refractivity contribution in [2.75, 3.05) is 14.3 Å². The zero-order valence-corrected chi connectivity index (χ0v) is 60.6. The van der Waals surface area contributed by atoms with E-state index in [-0.39, 0.29) is 153 Å². The molecule has 0 heterocycles. The molecule has 0 aromatic heterocycles. The Morgan fingerprint density at radius 3 is 1.00 bits per heavy atom. The van der Waals surface area contributed by atoms with Gasteiger partial charge in [0.15, 0.2) is 16.6 Å². The first kappa shape index (κ1) is 102. The van der Waals surface area contributed by atoms with Gasteiger partial charge in [-0.1, -0.05) is 134 Å². The summed E-state index contributed by atoms with van der Waals surface area (Å²) in [6, 6.07) is 28.1. The first-order valence-electron chi connectivity index (χ1n) is 25.8. The van der Waals surface area contributed by atoms with Crippen LogP contribution in [0, 0.1) is 0 Å². The molecule has 0 radical (unpaired) electrons. The van der Waals surface area contributed by atoms with Crippen LogP contribution in [0.4, 0.5) is 57.1 Å². The molecule has 0 aliphatic carbocycles. The second-order valence-corrected chi connectivity index (χ2v) is 30.0. The minimum Gasteiger partial charge on any atom is -1.00 e. The van der Waals surface area contributed by atoms with Gasteiger partial charge >= 0.3 is 157 Å². The fourth-order valence-corrected chi connectivity index (χ4v) is 6.72. The number of aliphatic hydroxyl groups is 2. The number of nitrogens with two attached hydrogens (primary N) is 2. The standard InChI is InChI=1S/C16H24F3NO2Si.C14H25NOSi.C10H10F3NO2.C8H9NO2.C4F6O3.CH3F.CH2O3.CH4O.CH4.2K.H2O.H/c1-15(2,3)23(4,5)22-11-13-8-6-12(7-9-13)10-20-14(21)16(17,18)19;1-14(2,3)17(4,5)16-11-13-8-6-12(10-15)7-9-13;11-10(12,13)9(16)14-5-7-1-3-8(6-15)4-2-7;9-5-6-1-3-7(4-2-6)8(10)11;5-3(6,7)1(11)13-2(12)4(8,9)10;1-2;2-1-4-3;1-2;;;;;/h6-9H,10-11H2,1-5H3,(H,20,21);6-9H,10-11,15H2,1-5H3;1-4,15H,5-6H2,(H,14,16);1-4H,5,9H2,(H,10,11);;1H3;1,3H;2H,1H3;1H4;;;1H2;/q;;;;;;;;;2*+1;;-1/p-1/i;;;;;1D;;;;;;;. The van der Waals surface area contributed by atoms with Crippen LogP contribution in [0.2, 0.25) is 36.3 Å². The summed E-state index contributed by atoms with van der Waals surface area (Å²) in [7, 11) is -3.47. The van der Waals surface area contributed by atoms with E-state index in [0.717, 1.165) is 18.2 Å². The Balaban J connectivity index is -0.000000133. The molecule has 0 saturated carbocycles. The molecule has 0 aliphatic rings. The Kier molecular flexibility index (Phi) is 56.2. The van der Waals surface area contributed by atoms with E-state index in [1.54, 1.807) is 66.0 Å². The summed E-state index contributed by atoms with van der Waals surface area (Å²) in [6.07, 6.45) is -21.0. The van der Waals surface area contributed by atoms with Gasteiger partial charge in [0.05, 0.1) is 33.9 Å². The molecule has 4 rings (SSSR count). The topological polar surface area (TPSA) is 331 Å². The number of aliphatic hydroxyl groups excluding tert-OH is 2. The van der Waals surface area contributed by atoms with Gasteiger partial charge in [0.1, 0.15) is 0 Å². The smallest absolute Gasteiger partial charge is 1.00 e. The predicted molar refractivity (Wildman–Crippen MR) is 311 cm³/mol. The van der Waals surface area contributed by atoms with Crippen molar-refractivity contribution in [1.29, 1.82) is 0 Å². The van der Waals surface area contributed by atoms with Crippen molar-refractivity contribution in [3.8, 4) is 0 Å². The molecule has 36 heteroatoms. The molecule has 19 nitrogen and oxygen atoms in total. The number of halogens is 13. The maximum absolute atomic E-state index is 12.1. The summed E-state index contributed by atoms with van der Waals surface area (Å²) in [5, 5.41) is 36.7. The fraction of sp³-hybridized carbons (Fsp3) is 0.464. The van der Waals surface area contributed by atoms with E-state index in [1.807, 2.05) is 17.4 Å². The summed E-state index contributed by atoms with van der Waals surface area (Å²) >= 11 is 0. The molecule has 2 amide bonds. The van der Waals surface area contributed by atoms with Gasteiger partial charge in [-0.3, -0.25) is 18.8 Å². The number of benzene rings is 4. The van der Waals surface area contributed by atoms with E-state index in [9.17, 15) is 81.0 Å². The van der Waals surface area contributed by atoms with Crippen LogP contribution in [0.3, 0.4) is 0 Å². The third kappa shape index (κ3) is 47.3. The van der Waals surface area contributed by atoms with Gasteiger partial charge in [0.2, 0.25) is 0 Å². The van der Waals surface area contributed by atoms with E-state index >= 15 is 0 Å². The number of carbonyl (C=O) groups excluding carboxylic acids is 5. The second-order valence-electron chi connectivity index (χ2n) is 20.3. The monoisotopic (exact) mass is 1430 g/mol. The number of esters is 2. The summed E-state index contributed by atoms with van der Waals surface area (Å²) in [6.45, 7) is 23.7. The normalized spacial score (nSPS) is 11.0. The summed E-state index contributed by atoms with van der Waals surface area (Å²) in [5.74, 6) is -11.2. The Morgan fingerprint density at radius 1 is 0.554 bits per heavy atom. The van der Waals surface area contributed by atoms with Gasteiger partial charge in [-0.05, 0) is 87.3 Å². The molecule has 0 unspecified atom stereocenters. The van der Waals surface area contributed by atoms with E-state index in [1.165, 1.54) is 11.1 Å². The molecule has 4 aromatic rings. The third-order valence-electron chi connectivity index (χ3n) is 11.8. The maximum atomic E-state index is 12.1. The van der Waals surface area contributed by atoms with E-state index in [2.05, 4.69) is 102 Å². The number of rotatable bonds is 15. The average Bonchev–Trinajstić information content (AvgIpc) is 0.967. The van der Waals surface area contributed by atoms with Gasteiger partial charge in [-0.15, -0.1) is 0 Å². The minimum absolute atomic E-state index is 0. The number of nitrogens with one attached hydrogen (secondary N) is 2. The summed E-state index contributed by atoms with van der Waals surface area (Å²) in [4.78, 5) is 62.2. The number of ether oxygens (including phenoxy) is 1.